The van der Waals surface area contributed by atoms with Gasteiger partial charge in [0.2, 0.25) is 0 Å². The van der Waals surface area contributed by atoms with Gasteiger partial charge in [-0.25, -0.2) is 9.37 Å². The minimum Gasteiger partial charge on any atom is -0.397 e. The maximum Gasteiger partial charge on any atom is 0.129 e. The number of nitrogens with two attached hydrogens (primary N) is 2. The van der Waals surface area contributed by atoms with E-state index in [0.717, 1.165) is 38.2 Å². The average Bonchev–Trinajstić information content (AvgIpc) is 3.01. The highest BCUT2D eigenvalue weighted by atomic mass is 19.1. The molecule has 0 spiro atoms. The monoisotopic (exact) mass is 424 g/mol. The molecule has 0 radical (unpaired) electrons. The van der Waals surface area contributed by atoms with E-state index in [-0.39, 0.29) is 18.3 Å². The average molecular weight is 425 g/mol. The van der Waals surface area contributed by atoms with Crippen LogP contribution in [0.5, 0.6) is 0 Å². The Morgan fingerprint density at radius 1 is 1.39 bits per heavy atom. The summed E-state index contributed by atoms with van der Waals surface area (Å²) in [7, 11) is 0. The molecule has 1 aliphatic rings. The molecule has 2 aromatic heterocycles. The summed E-state index contributed by atoms with van der Waals surface area (Å²) in [5.41, 5.74) is 14.3. The molecule has 2 aromatic rings. The van der Waals surface area contributed by atoms with Crippen molar-refractivity contribution in [1.29, 1.82) is 10.8 Å². The molecule has 9 heteroatoms. The molecule has 3 heterocycles. The summed E-state index contributed by atoms with van der Waals surface area (Å²) >= 11 is 0. The lowest BCUT2D eigenvalue weighted by Crippen LogP contribution is -2.36. The number of aromatic nitrogens is 2. The molecule has 1 saturated heterocycles. The number of hydrogen-bond donors (Lipinski definition) is 4. The van der Waals surface area contributed by atoms with Gasteiger partial charge in [0.1, 0.15) is 12.5 Å². The zero-order valence-corrected chi connectivity index (χ0v) is 17.5. The summed E-state index contributed by atoms with van der Waals surface area (Å²) in [4.78, 5) is 15.1. The van der Waals surface area contributed by atoms with Gasteiger partial charge in [0.15, 0.2) is 0 Å². The van der Waals surface area contributed by atoms with Crippen molar-refractivity contribution in [2.75, 3.05) is 36.9 Å². The largest absolute Gasteiger partial charge is 0.397 e. The number of hydrogen-bond acceptors (Lipinski definition) is 8. The van der Waals surface area contributed by atoms with E-state index in [2.05, 4.69) is 14.9 Å². The number of aliphatic imine (C=N–C) groups is 1. The van der Waals surface area contributed by atoms with Crippen LogP contribution in [0.4, 0.5) is 15.9 Å². The smallest absolute Gasteiger partial charge is 0.129 e. The predicted molar refractivity (Wildman–Crippen MR) is 124 cm³/mol. The molecule has 2 atom stereocenters. The first-order valence-corrected chi connectivity index (χ1v) is 10.4. The molecule has 3 rings (SSSR count). The first kappa shape index (κ1) is 22.5. The van der Waals surface area contributed by atoms with E-state index in [9.17, 15) is 4.39 Å². The van der Waals surface area contributed by atoms with Crippen molar-refractivity contribution in [2.24, 2.45) is 10.7 Å². The van der Waals surface area contributed by atoms with Gasteiger partial charge < -0.3 is 21.8 Å². The van der Waals surface area contributed by atoms with Gasteiger partial charge in [0, 0.05) is 37.1 Å². The molecule has 6 N–H and O–H groups in total. The van der Waals surface area contributed by atoms with Gasteiger partial charge in [-0.3, -0.25) is 15.4 Å². The Hall–Kier alpha value is -3.20. The van der Waals surface area contributed by atoms with Gasteiger partial charge in [-0.2, -0.15) is 0 Å². The van der Waals surface area contributed by atoms with E-state index in [1.807, 2.05) is 12.1 Å². The molecule has 1 aliphatic heterocycles. The van der Waals surface area contributed by atoms with Crippen molar-refractivity contribution in [3.8, 4) is 0 Å². The van der Waals surface area contributed by atoms with E-state index < -0.39 is 12.6 Å². The van der Waals surface area contributed by atoms with E-state index in [1.54, 1.807) is 12.1 Å². The van der Waals surface area contributed by atoms with Crippen LogP contribution >= 0.6 is 0 Å². The molecular formula is C22H29FN8. The van der Waals surface area contributed by atoms with Crippen molar-refractivity contribution in [3.05, 3.63) is 47.4 Å². The van der Waals surface area contributed by atoms with Gasteiger partial charge in [-0.15, -0.1) is 0 Å². The Kier molecular flexibility index (Phi) is 7.77. The van der Waals surface area contributed by atoms with Gasteiger partial charge in [0.25, 0.3) is 0 Å². The number of alkyl halides is 1. The van der Waals surface area contributed by atoms with Crippen LogP contribution in [0.3, 0.4) is 0 Å². The Balaban J connectivity index is 1.88. The van der Waals surface area contributed by atoms with Crippen LogP contribution in [0, 0.1) is 10.8 Å². The Morgan fingerprint density at radius 2 is 2.23 bits per heavy atom. The van der Waals surface area contributed by atoms with E-state index in [1.165, 1.54) is 18.6 Å². The molecule has 0 amide bonds. The summed E-state index contributed by atoms with van der Waals surface area (Å²) in [6.45, 7) is 1.11. The van der Waals surface area contributed by atoms with Crippen LogP contribution in [0.25, 0.3) is 0 Å². The number of halogens is 1. The normalized spacial score (nSPS) is 18.0. The highest BCUT2D eigenvalue weighted by Gasteiger charge is 2.19. The lowest BCUT2D eigenvalue weighted by molar-refractivity contribution is 0.505. The molecule has 0 bridgehead atoms. The summed E-state index contributed by atoms with van der Waals surface area (Å²) < 4.78 is 12.3. The SMILES string of the molecule is N=CC(C=NCCF)c1cc(C(=N)c2cccc(N3CCCCC(N)C3)n2)c(N)cn1. The number of pyridine rings is 2. The Labute approximate surface area is 181 Å². The van der Waals surface area contributed by atoms with Gasteiger partial charge in [0.05, 0.1) is 41.4 Å². The van der Waals surface area contributed by atoms with E-state index in [4.69, 9.17) is 27.3 Å². The lowest BCUT2D eigenvalue weighted by atomic mass is 10.0. The molecule has 31 heavy (non-hydrogen) atoms. The van der Waals surface area contributed by atoms with Crippen molar-refractivity contribution in [1.82, 2.24) is 9.97 Å². The van der Waals surface area contributed by atoms with Gasteiger partial charge >= 0.3 is 0 Å². The molecule has 8 nitrogen and oxygen atoms in total. The minimum atomic E-state index is -0.559. The molecule has 164 valence electrons. The van der Waals surface area contributed by atoms with Crippen molar-refractivity contribution in [3.63, 3.8) is 0 Å². The standard InChI is InChI=1S/C22H29FN8/c23-7-8-28-12-15(11-24)20-10-17(18(26)13-29-20)22(27)19-5-3-6-21(30-19)31-9-2-1-4-16(25)14-31/h3,5-6,10-13,15-16,24,27H,1-2,4,7-9,14,25-26H2. The van der Waals surface area contributed by atoms with E-state index >= 15 is 0 Å². The molecule has 1 fully saturated rings. The van der Waals surface area contributed by atoms with Gasteiger partial charge in [-0.05, 0) is 31.0 Å². The fourth-order valence-corrected chi connectivity index (χ4v) is 3.58. The van der Waals surface area contributed by atoms with Crippen LogP contribution in [0.1, 0.15) is 42.1 Å². The second-order valence-corrected chi connectivity index (χ2v) is 7.59. The van der Waals surface area contributed by atoms with Crippen molar-refractivity contribution in [2.45, 2.75) is 31.2 Å². The fraction of sp³-hybridized carbons (Fsp3) is 0.409. The number of rotatable bonds is 8. The van der Waals surface area contributed by atoms with Crippen LogP contribution in [0.2, 0.25) is 0 Å². The molecule has 0 aliphatic carbocycles. The summed E-state index contributed by atoms with van der Waals surface area (Å²) in [6, 6.07) is 7.38. The topological polar surface area (TPSA) is 141 Å². The second-order valence-electron chi connectivity index (χ2n) is 7.59. The molecule has 0 aromatic carbocycles. The minimum absolute atomic E-state index is 0.0405. The molecule has 0 saturated carbocycles. The second kappa shape index (κ2) is 10.7. The number of nitrogens with one attached hydrogen (secondary N) is 2. The third kappa shape index (κ3) is 5.69. The van der Waals surface area contributed by atoms with Crippen LogP contribution in [-0.2, 0) is 0 Å². The summed E-state index contributed by atoms with van der Waals surface area (Å²) in [5, 5.41) is 16.4. The zero-order chi connectivity index (χ0) is 22.2. The molecule has 2 unspecified atom stereocenters. The zero-order valence-electron chi connectivity index (χ0n) is 17.5. The highest BCUT2D eigenvalue weighted by Crippen LogP contribution is 2.22. The number of nitrogens with zero attached hydrogens (tertiary/aromatic N) is 4. The first-order valence-electron chi connectivity index (χ1n) is 10.4. The maximum atomic E-state index is 12.3. The lowest BCUT2D eigenvalue weighted by Gasteiger charge is -2.24. The first-order chi connectivity index (χ1) is 15.0. The summed E-state index contributed by atoms with van der Waals surface area (Å²) in [6.07, 6.45) is 7.30. The molecular weight excluding hydrogens is 395 g/mol. The highest BCUT2D eigenvalue weighted by molar-refractivity contribution is 6.13. The fourth-order valence-electron chi connectivity index (χ4n) is 3.58. The van der Waals surface area contributed by atoms with Crippen molar-refractivity contribution >= 4 is 29.6 Å². The van der Waals surface area contributed by atoms with Crippen LogP contribution in [-0.4, -0.2) is 60.5 Å². The van der Waals surface area contributed by atoms with Crippen molar-refractivity contribution < 1.29 is 4.39 Å². The maximum absolute atomic E-state index is 12.3. The Bertz CT molecular complexity index is 945. The predicted octanol–water partition coefficient (Wildman–Crippen LogP) is 2.57. The number of nitrogen functional groups attached to an aromatic ring is 1. The quantitative estimate of drug-likeness (QED) is 0.482. The van der Waals surface area contributed by atoms with E-state index in [0.29, 0.717) is 22.6 Å². The van der Waals surface area contributed by atoms with Gasteiger partial charge in [-0.1, -0.05) is 12.5 Å². The third-order valence-corrected chi connectivity index (χ3v) is 5.25. The van der Waals surface area contributed by atoms with Crippen LogP contribution in [0.15, 0.2) is 35.5 Å². The van der Waals surface area contributed by atoms with Crippen LogP contribution < -0.4 is 16.4 Å². The third-order valence-electron chi connectivity index (χ3n) is 5.25. The Morgan fingerprint density at radius 3 is 3.00 bits per heavy atom. The number of anilines is 2. The summed E-state index contributed by atoms with van der Waals surface area (Å²) in [5.74, 6) is 0.278.